The first-order valence-corrected chi connectivity index (χ1v) is 3.42. The summed E-state index contributed by atoms with van der Waals surface area (Å²) < 4.78 is 0. The number of carbonyl (C=O) groups excluding carboxylic acids is 1. The van der Waals surface area contributed by atoms with E-state index in [0.717, 1.165) is 5.56 Å². The van der Waals surface area contributed by atoms with Crippen molar-refractivity contribution < 1.29 is 4.79 Å². The third kappa shape index (κ3) is 2.80. The summed E-state index contributed by atoms with van der Waals surface area (Å²) in [6.07, 6.45) is 4.31. The number of pyridine rings is 1. The Bertz CT molecular complexity index is 233. The second kappa shape index (κ2) is 3.71. The number of nitrogens with zero attached hydrogens (tertiary/aromatic N) is 1. The van der Waals surface area contributed by atoms with Gasteiger partial charge in [-0.1, -0.05) is 0 Å². The molecule has 1 aromatic rings. The van der Waals surface area contributed by atoms with Crippen molar-refractivity contribution in [3.05, 3.63) is 30.1 Å². The second-order valence-corrected chi connectivity index (χ2v) is 2.28. The molecule has 1 radical (unpaired) electrons. The summed E-state index contributed by atoms with van der Waals surface area (Å²) in [6, 6.07) is 3.70. The summed E-state index contributed by atoms with van der Waals surface area (Å²) in [7, 11) is 0. The topological polar surface area (TPSA) is 53.8 Å². The van der Waals surface area contributed by atoms with Gasteiger partial charge in [0.15, 0.2) is 0 Å². The highest BCUT2D eigenvalue weighted by atomic mass is 16.1. The molecule has 0 spiro atoms. The van der Waals surface area contributed by atoms with Gasteiger partial charge in [0.25, 0.3) is 0 Å². The summed E-state index contributed by atoms with van der Waals surface area (Å²) >= 11 is 0. The van der Waals surface area contributed by atoms with Gasteiger partial charge in [-0.25, -0.2) is 0 Å². The maximum atomic E-state index is 10.3. The van der Waals surface area contributed by atoms with Gasteiger partial charge < -0.3 is 0 Å². The Morgan fingerprint density at radius 3 is 2.64 bits per heavy atom. The van der Waals surface area contributed by atoms with Crippen LogP contribution in [0.25, 0.3) is 0 Å². The predicted octanol–water partition coefficient (Wildman–Crippen LogP) is 0.824. The minimum Gasteiger partial charge on any atom is -0.273 e. The zero-order chi connectivity index (χ0) is 8.10. The van der Waals surface area contributed by atoms with Crippen molar-refractivity contribution in [2.45, 2.75) is 12.8 Å². The fourth-order valence-corrected chi connectivity index (χ4v) is 0.807. The highest BCUT2D eigenvalue weighted by molar-refractivity contribution is 5.73. The molecule has 0 bridgehead atoms. The van der Waals surface area contributed by atoms with E-state index in [1.807, 2.05) is 12.1 Å². The maximum Gasteiger partial charge on any atom is 0.238 e. The van der Waals surface area contributed by atoms with Crippen molar-refractivity contribution in [1.82, 2.24) is 10.7 Å². The highest BCUT2D eigenvalue weighted by Gasteiger charge is 1.95. The van der Waals surface area contributed by atoms with E-state index in [2.05, 4.69) is 4.98 Å². The average Bonchev–Trinajstić information content (AvgIpc) is 2.03. The van der Waals surface area contributed by atoms with Crippen LogP contribution in [0.1, 0.15) is 12.0 Å². The lowest BCUT2D eigenvalue weighted by Gasteiger charge is -1.95. The van der Waals surface area contributed by atoms with E-state index in [0.29, 0.717) is 12.8 Å². The molecule has 0 atom stereocenters. The standard InChI is InChI=1S/C8H9N2O/c9-8(11)2-1-7-3-5-10-6-4-7/h3-6,9H,1-2H2. The average molecular weight is 149 g/mol. The van der Waals surface area contributed by atoms with E-state index in [4.69, 9.17) is 5.73 Å². The lowest BCUT2D eigenvalue weighted by atomic mass is 10.1. The fourth-order valence-electron chi connectivity index (χ4n) is 0.807. The van der Waals surface area contributed by atoms with Crippen LogP contribution in [0.15, 0.2) is 24.5 Å². The molecule has 0 saturated heterocycles. The predicted molar refractivity (Wildman–Crippen MR) is 40.7 cm³/mol. The molecule has 0 fully saturated rings. The Morgan fingerprint density at radius 2 is 2.09 bits per heavy atom. The van der Waals surface area contributed by atoms with E-state index in [1.165, 1.54) is 0 Å². The molecule has 3 heteroatoms. The second-order valence-electron chi connectivity index (χ2n) is 2.28. The zero-order valence-corrected chi connectivity index (χ0v) is 6.08. The molecule has 11 heavy (non-hydrogen) atoms. The van der Waals surface area contributed by atoms with E-state index >= 15 is 0 Å². The third-order valence-corrected chi connectivity index (χ3v) is 1.39. The SMILES string of the molecule is [NH]C(=O)CCc1ccncc1. The van der Waals surface area contributed by atoms with Crippen LogP contribution in [-0.4, -0.2) is 10.9 Å². The first-order chi connectivity index (χ1) is 5.29. The zero-order valence-electron chi connectivity index (χ0n) is 6.08. The molecule has 0 aliphatic rings. The maximum absolute atomic E-state index is 10.3. The third-order valence-electron chi connectivity index (χ3n) is 1.39. The van der Waals surface area contributed by atoms with Crippen molar-refractivity contribution in [1.29, 1.82) is 0 Å². The van der Waals surface area contributed by atoms with Gasteiger partial charge in [0.2, 0.25) is 5.91 Å². The van der Waals surface area contributed by atoms with Crippen LogP contribution >= 0.6 is 0 Å². The number of rotatable bonds is 3. The van der Waals surface area contributed by atoms with Gasteiger partial charge >= 0.3 is 0 Å². The van der Waals surface area contributed by atoms with Crippen molar-refractivity contribution >= 4 is 5.91 Å². The monoisotopic (exact) mass is 149 g/mol. The van der Waals surface area contributed by atoms with Crippen LogP contribution in [0.3, 0.4) is 0 Å². The van der Waals surface area contributed by atoms with Crippen LogP contribution in [0, 0.1) is 0 Å². The summed E-state index contributed by atoms with van der Waals surface area (Å²) in [5.41, 5.74) is 7.73. The van der Waals surface area contributed by atoms with Gasteiger partial charge in [0.05, 0.1) is 0 Å². The summed E-state index contributed by atoms with van der Waals surface area (Å²) in [4.78, 5) is 14.1. The van der Waals surface area contributed by atoms with Gasteiger partial charge in [-0.05, 0) is 24.1 Å². The first-order valence-electron chi connectivity index (χ1n) is 3.42. The molecule has 0 saturated carbocycles. The van der Waals surface area contributed by atoms with Gasteiger partial charge in [0.1, 0.15) is 0 Å². The number of aryl methyl sites for hydroxylation is 1. The van der Waals surface area contributed by atoms with Crippen molar-refractivity contribution in [3.8, 4) is 0 Å². The van der Waals surface area contributed by atoms with Gasteiger partial charge in [0, 0.05) is 18.8 Å². The number of hydrogen-bond acceptors (Lipinski definition) is 2. The number of carbonyl (C=O) groups is 1. The largest absolute Gasteiger partial charge is 0.273 e. The molecule has 57 valence electrons. The van der Waals surface area contributed by atoms with Crippen LogP contribution in [0.4, 0.5) is 0 Å². The molecule has 0 aromatic carbocycles. The van der Waals surface area contributed by atoms with E-state index in [9.17, 15) is 4.79 Å². The van der Waals surface area contributed by atoms with Crippen molar-refractivity contribution in [2.24, 2.45) is 0 Å². The molecule has 1 aromatic heterocycles. The molecule has 3 nitrogen and oxygen atoms in total. The first kappa shape index (κ1) is 7.72. The van der Waals surface area contributed by atoms with E-state index in [1.54, 1.807) is 12.4 Å². The number of hydrogen-bond donors (Lipinski definition) is 0. The minimum atomic E-state index is -0.512. The summed E-state index contributed by atoms with van der Waals surface area (Å²) in [5.74, 6) is -0.512. The lowest BCUT2D eigenvalue weighted by molar-refractivity contribution is -0.118. The Labute approximate surface area is 65.2 Å². The smallest absolute Gasteiger partial charge is 0.238 e. The van der Waals surface area contributed by atoms with Gasteiger partial charge in [-0.3, -0.25) is 15.5 Å². The van der Waals surface area contributed by atoms with Crippen LogP contribution in [-0.2, 0) is 11.2 Å². The molecule has 1 amide bonds. The van der Waals surface area contributed by atoms with E-state index in [-0.39, 0.29) is 0 Å². The Balaban J connectivity index is 2.45. The molecular formula is C8H9N2O. The minimum absolute atomic E-state index is 0.296. The number of amides is 1. The lowest BCUT2D eigenvalue weighted by Crippen LogP contribution is -1.99. The van der Waals surface area contributed by atoms with Gasteiger partial charge in [-0.2, -0.15) is 0 Å². The van der Waals surface area contributed by atoms with Crippen molar-refractivity contribution in [2.75, 3.05) is 0 Å². The molecule has 0 unspecified atom stereocenters. The summed E-state index contributed by atoms with van der Waals surface area (Å²) in [5, 5.41) is 0. The molecular weight excluding hydrogens is 140 g/mol. The summed E-state index contributed by atoms with van der Waals surface area (Å²) in [6.45, 7) is 0. The van der Waals surface area contributed by atoms with Crippen LogP contribution < -0.4 is 5.73 Å². The molecule has 1 rings (SSSR count). The normalized spacial score (nSPS) is 9.45. The molecule has 0 aliphatic heterocycles. The van der Waals surface area contributed by atoms with E-state index < -0.39 is 5.91 Å². The van der Waals surface area contributed by atoms with Gasteiger partial charge in [-0.15, -0.1) is 0 Å². The Hall–Kier alpha value is -1.38. The molecule has 1 N–H and O–H groups in total. The Kier molecular flexibility index (Phi) is 2.60. The highest BCUT2D eigenvalue weighted by Crippen LogP contribution is 1.99. The molecule has 1 heterocycles. The fraction of sp³-hybridized carbons (Fsp3) is 0.250. The molecule has 0 aliphatic carbocycles. The quantitative estimate of drug-likeness (QED) is 0.639. The number of nitrogens with one attached hydrogen (secondary N) is 1. The van der Waals surface area contributed by atoms with Crippen molar-refractivity contribution in [3.63, 3.8) is 0 Å². The number of aromatic nitrogens is 1. The van der Waals surface area contributed by atoms with Crippen LogP contribution in [0.2, 0.25) is 0 Å². The van der Waals surface area contributed by atoms with Crippen LogP contribution in [0.5, 0.6) is 0 Å². The Morgan fingerprint density at radius 1 is 1.45 bits per heavy atom.